The first-order valence-electron chi connectivity index (χ1n) is 6.25. The van der Waals surface area contributed by atoms with Gasteiger partial charge in [-0.1, -0.05) is 41.1 Å². The molecule has 94 valence electrons. The van der Waals surface area contributed by atoms with Crippen molar-refractivity contribution in [2.24, 2.45) is 0 Å². The fraction of sp³-hybridized carbons (Fsp3) is 0.571. The molecule has 0 saturated carbocycles. The molecule has 2 nitrogen and oxygen atoms in total. The predicted molar refractivity (Wildman–Crippen MR) is 72.1 cm³/mol. The Balaban J connectivity index is 1.84. The lowest BCUT2D eigenvalue weighted by Gasteiger charge is -2.24. The van der Waals surface area contributed by atoms with Crippen LogP contribution in [0.15, 0.2) is 28.7 Å². The van der Waals surface area contributed by atoms with Crippen molar-refractivity contribution in [2.45, 2.75) is 38.4 Å². The maximum absolute atomic E-state index is 5.81. The Morgan fingerprint density at radius 3 is 2.94 bits per heavy atom. The van der Waals surface area contributed by atoms with Crippen LogP contribution in [0.1, 0.15) is 37.7 Å². The smallest absolute Gasteiger partial charge is 0.157 e. The summed E-state index contributed by atoms with van der Waals surface area (Å²) in [6.45, 7) is 3.74. The van der Waals surface area contributed by atoms with Crippen LogP contribution in [0.3, 0.4) is 0 Å². The molecule has 2 rings (SSSR count). The normalized spacial score (nSPS) is 22.4. The van der Waals surface area contributed by atoms with Crippen molar-refractivity contribution in [3.63, 3.8) is 0 Å². The van der Waals surface area contributed by atoms with E-state index in [-0.39, 0.29) is 6.29 Å². The number of hydrogen-bond acceptors (Lipinski definition) is 2. The fourth-order valence-electron chi connectivity index (χ4n) is 2.06. The lowest BCUT2D eigenvalue weighted by molar-refractivity contribution is -0.164. The molecule has 1 aromatic carbocycles. The van der Waals surface area contributed by atoms with Gasteiger partial charge < -0.3 is 9.47 Å². The number of benzene rings is 1. The number of hydrogen-bond donors (Lipinski definition) is 0. The van der Waals surface area contributed by atoms with E-state index in [0.717, 1.165) is 17.5 Å². The predicted octanol–water partition coefficient (Wildman–Crippen LogP) is 4.10. The van der Waals surface area contributed by atoms with Crippen LogP contribution in [0.25, 0.3) is 0 Å². The molecule has 0 bridgehead atoms. The van der Waals surface area contributed by atoms with Gasteiger partial charge in [0.2, 0.25) is 0 Å². The summed E-state index contributed by atoms with van der Waals surface area (Å²) in [7, 11) is 0. The van der Waals surface area contributed by atoms with E-state index in [9.17, 15) is 0 Å². The third kappa shape index (κ3) is 3.80. The molecule has 0 N–H and O–H groups in total. The minimum atomic E-state index is 0.00804. The molecule has 0 amide bonds. The summed E-state index contributed by atoms with van der Waals surface area (Å²) < 4.78 is 12.5. The second-order valence-corrected chi connectivity index (χ2v) is 5.41. The van der Waals surface area contributed by atoms with E-state index in [1.54, 1.807) is 0 Å². The first kappa shape index (κ1) is 13.1. The maximum atomic E-state index is 5.81. The van der Waals surface area contributed by atoms with Gasteiger partial charge in [0.15, 0.2) is 6.29 Å². The summed E-state index contributed by atoms with van der Waals surface area (Å²) in [6, 6.07) is 8.31. The third-order valence-corrected chi connectivity index (χ3v) is 3.83. The number of rotatable bonds is 4. The molecule has 0 radical (unpaired) electrons. The zero-order chi connectivity index (χ0) is 12.1. The Bertz CT molecular complexity index is 348. The van der Waals surface area contributed by atoms with E-state index in [1.165, 1.54) is 18.4 Å². The summed E-state index contributed by atoms with van der Waals surface area (Å²) in [5, 5.41) is 0. The summed E-state index contributed by atoms with van der Waals surface area (Å²) >= 11 is 3.58. The van der Waals surface area contributed by atoms with Crippen LogP contribution in [0.5, 0.6) is 0 Å². The topological polar surface area (TPSA) is 18.5 Å². The summed E-state index contributed by atoms with van der Waals surface area (Å²) in [5.74, 6) is 0.385. The standard InChI is InChI=1S/C14H19BrO2/c1-11(12-6-2-3-7-13(12)15)10-17-14-8-4-5-9-16-14/h2-3,6-7,11,14H,4-5,8-10H2,1H3. The van der Waals surface area contributed by atoms with Gasteiger partial charge in [0, 0.05) is 17.0 Å². The lowest BCUT2D eigenvalue weighted by atomic mass is 10.0. The molecule has 1 heterocycles. The molecule has 1 aromatic rings. The van der Waals surface area contributed by atoms with Crippen LogP contribution < -0.4 is 0 Å². The third-order valence-electron chi connectivity index (χ3n) is 3.11. The Morgan fingerprint density at radius 1 is 1.41 bits per heavy atom. The molecule has 1 saturated heterocycles. The van der Waals surface area contributed by atoms with Crippen LogP contribution >= 0.6 is 15.9 Å². The molecule has 0 aromatic heterocycles. The fourth-order valence-corrected chi connectivity index (χ4v) is 2.73. The van der Waals surface area contributed by atoms with Gasteiger partial charge in [0.05, 0.1) is 6.61 Å². The zero-order valence-electron chi connectivity index (χ0n) is 10.2. The van der Waals surface area contributed by atoms with Crippen molar-refractivity contribution in [1.29, 1.82) is 0 Å². The van der Waals surface area contributed by atoms with E-state index in [4.69, 9.17) is 9.47 Å². The SMILES string of the molecule is CC(COC1CCCCO1)c1ccccc1Br. The molecule has 1 aliphatic rings. The second-order valence-electron chi connectivity index (χ2n) is 4.55. The average Bonchev–Trinajstić information content (AvgIpc) is 2.38. The van der Waals surface area contributed by atoms with E-state index in [1.807, 2.05) is 6.07 Å². The molecule has 1 fully saturated rings. The number of ether oxygens (including phenoxy) is 2. The van der Waals surface area contributed by atoms with Gasteiger partial charge in [-0.05, 0) is 30.9 Å². The van der Waals surface area contributed by atoms with E-state index in [0.29, 0.717) is 12.5 Å². The van der Waals surface area contributed by atoms with Gasteiger partial charge in [0.1, 0.15) is 0 Å². The quantitative estimate of drug-likeness (QED) is 0.833. The Kier molecular flexibility index (Phi) is 5.01. The van der Waals surface area contributed by atoms with E-state index in [2.05, 4.69) is 41.1 Å². The van der Waals surface area contributed by atoms with Crippen molar-refractivity contribution in [3.05, 3.63) is 34.3 Å². The molecule has 17 heavy (non-hydrogen) atoms. The first-order valence-corrected chi connectivity index (χ1v) is 7.04. The van der Waals surface area contributed by atoms with Crippen molar-refractivity contribution in [1.82, 2.24) is 0 Å². The minimum absolute atomic E-state index is 0.00804. The molecular formula is C14H19BrO2. The molecule has 0 aliphatic carbocycles. The van der Waals surface area contributed by atoms with Gasteiger partial charge in [-0.3, -0.25) is 0 Å². The van der Waals surface area contributed by atoms with Crippen LogP contribution in [-0.2, 0) is 9.47 Å². The van der Waals surface area contributed by atoms with Gasteiger partial charge in [-0.15, -0.1) is 0 Å². The minimum Gasteiger partial charge on any atom is -0.353 e. The van der Waals surface area contributed by atoms with Crippen molar-refractivity contribution >= 4 is 15.9 Å². The molecular weight excluding hydrogens is 280 g/mol. The first-order chi connectivity index (χ1) is 8.27. The molecule has 0 spiro atoms. The Morgan fingerprint density at radius 2 is 2.24 bits per heavy atom. The van der Waals surface area contributed by atoms with E-state index < -0.39 is 0 Å². The summed E-state index contributed by atoms with van der Waals surface area (Å²) in [5.41, 5.74) is 1.29. The van der Waals surface area contributed by atoms with Gasteiger partial charge in [-0.25, -0.2) is 0 Å². The maximum Gasteiger partial charge on any atom is 0.157 e. The van der Waals surface area contributed by atoms with Crippen LogP contribution in [-0.4, -0.2) is 19.5 Å². The monoisotopic (exact) mass is 298 g/mol. The number of halogens is 1. The van der Waals surface area contributed by atoms with Crippen molar-refractivity contribution < 1.29 is 9.47 Å². The zero-order valence-corrected chi connectivity index (χ0v) is 11.8. The van der Waals surface area contributed by atoms with Gasteiger partial charge >= 0.3 is 0 Å². The summed E-state index contributed by atoms with van der Waals surface area (Å²) in [4.78, 5) is 0. The van der Waals surface area contributed by atoms with E-state index >= 15 is 0 Å². The van der Waals surface area contributed by atoms with Gasteiger partial charge in [-0.2, -0.15) is 0 Å². The highest BCUT2D eigenvalue weighted by atomic mass is 79.9. The highest BCUT2D eigenvalue weighted by Crippen LogP contribution is 2.25. The van der Waals surface area contributed by atoms with Crippen molar-refractivity contribution in [3.8, 4) is 0 Å². The Hall–Kier alpha value is -0.380. The Labute approximate surface area is 111 Å². The molecule has 1 aliphatic heterocycles. The molecule has 2 atom stereocenters. The lowest BCUT2D eigenvalue weighted by Crippen LogP contribution is -2.24. The highest BCUT2D eigenvalue weighted by molar-refractivity contribution is 9.10. The molecule has 2 unspecified atom stereocenters. The second kappa shape index (κ2) is 6.53. The average molecular weight is 299 g/mol. The largest absolute Gasteiger partial charge is 0.353 e. The van der Waals surface area contributed by atoms with Gasteiger partial charge in [0.25, 0.3) is 0 Å². The van der Waals surface area contributed by atoms with Crippen molar-refractivity contribution in [2.75, 3.05) is 13.2 Å². The molecule has 3 heteroatoms. The highest BCUT2D eigenvalue weighted by Gasteiger charge is 2.16. The van der Waals surface area contributed by atoms with Crippen LogP contribution in [0, 0.1) is 0 Å². The van der Waals surface area contributed by atoms with Crippen LogP contribution in [0.4, 0.5) is 0 Å². The van der Waals surface area contributed by atoms with Crippen LogP contribution in [0.2, 0.25) is 0 Å². The summed E-state index contributed by atoms with van der Waals surface area (Å²) in [6.07, 6.45) is 3.42.